The Labute approximate surface area is 113 Å². The molecule has 1 rings (SSSR count). The van der Waals surface area contributed by atoms with Crippen molar-refractivity contribution in [2.45, 2.75) is 51.0 Å². The second kappa shape index (κ2) is 6.14. The molecule has 4 nitrogen and oxygen atoms in total. The van der Waals surface area contributed by atoms with Gasteiger partial charge in [0.1, 0.15) is 4.21 Å². The average Bonchev–Trinajstić information content (AvgIpc) is 2.69. The van der Waals surface area contributed by atoms with Crippen LogP contribution in [0.3, 0.4) is 0 Å². The summed E-state index contributed by atoms with van der Waals surface area (Å²) < 4.78 is 27.3. The van der Waals surface area contributed by atoms with Gasteiger partial charge in [0.25, 0.3) is 0 Å². The Kier molecular flexibility index (Phi) is 5.33. The average molecular weight is 291 g/mol. The van der Waals surface area contributed by atoms with E-state index in [-0.39, 0.29) is 22.8 Å². The number of aliphatic hydroxyl groups is 1. The van der Waals surface area contributed by atoms with Crippen molar-refractivity contribution in [2.75, 3.05) is 0 Å². The lowest BCUT2D eigenvalue weighted by atomic mass is 10.0. The number of hydrogen-bond donors (Lipinski definition) is 2. The van der Waals surface area contributed by atoms with Gasteiger partial charge in [-0.3, -0.25) is 0 Å². The van der Waals surface area contributed by atoms with Gasteiger partial charge in [-0.05, 0) is 31.4 Å². The first-order valence-corrected chi connectivity index (χ1v) is 8.34. The number of hydrogen-bond acceptors (Lipinski definition) is 4. The molecular weight excluding hydrogens is 270 g/mol. The van der Waals surface area contributed by atoms with Crippen molar-refractivity contribution in [2.24, 2.45) is 5.92 Å². The van der Waals surface area contributed by atoms with Gasteiger partial charge in [0.2, 0.25) is 10.0 Å². The number of aliphatic hydroxyl groups excluding tert-OH is 1. The molecule has 2 atom stereocenters. The molecule has 0 aromatic carbocycles. The van der Waals surface area contributed by atoms with Crippen molar-refractivity contribution >= 4 is 21.4 Å². The van der Waals surface area contributed by atoms with Gasteiger partial charge < -0.3 is 5.11 Å². The first-order valence-electron chi connectivity index (χ1n) is 6.04. The minimum Gasteiger partial charge on any atom is -0.391 e. The van der Waals surface area contributed by atoms with Crippen LogP contribution in [0, 0.1) is 12.8 Å². The molecule has 6 heteroatoms. The van der Waals surface area contributed by atoms with E-state index in [2.05, 4.69) is 4.72 Å². The van der Waals surface area contributed by atoms with E-state index in [1.54, 1.807) is 13.0 Å². The molecule has 0 aliphatic heterocycles. The maximum atomic E-state index is 12.2. The van der Waals surface area contributed by atoms with Crippen LogP contribution in [0.4, 0.5) is 0 Å². The third kappa shape index (κ3) is 3.54. The van der Waals surface area contributed by atoms with Crippen molar-refractivity contribution in [1.82, 2.24) is 4.72 Å². The molecule has 0 saturated heterocycles. The van der Waals surface area contributed by atoms with Crippen molar-refractivity contribution in [3.05, 3.63) is 16.5 Å². The maximum Gasteiger partial charge on any atom is 0.250 e. The Balaban J connectivity index is 2.92. The van der Waals surface area contributed by atoms with Gasteiger partial charge in [0.05, 0.1) is 6.61 Å². The quantitative estimate of drug-likeness (QED) is 0.845. The van der Waals surface area contributed by atoms with Gasteiger partial charge in [-0.2, -0.15) is 0 Å². The largest absolute Gasteiger partial charge is 0.391 e. The number of aryl methyl sites for hydroxylation is 1. The molecular formula is C12H21NO3S2. The molecule has 0 spiro atoms. The molecule has 1 aromatic heterocycles. The fraction of sp³-hybridized carbons (Fsp3) is 0.667. The summed E-state index contributed by atoms with van der Waals surface area (Å²) in [4.78, 5) is 0.701. The topological polar surface area (TPSA) is 66.4 Å². The fourth-order valence-corrected chi connectivity index (χ4v) is 4.37. The first kappa shape index (κ1) is 15.6. The second-order valence-corrected chi connectivity index (χ2v) is 7.70. The molecule has 0 amide bonds. The van der Waals surface area contributed by atoms with Crippen LogP contribution in [0.25, 0.3) is 0 Å². The van der Waals surface area contributed by atoms with Gasteiger partial charge in [-0.25, -0.2) is 13.1 Å². The highest BCUT2D eigenvalue weighted by molar-refractivity contribution is 7.91. The summed E-state index contributed by atoms with van der Waals surface area (Å²) in [6, 6.07) is 1.52. The minimum atomic E-state index is -3.47. The van der Waals surface area contributed by atoms with Gasteiger partial charge in [-0.1, -0.05) is 20.3 Å². The summed E-state index contributed by atoms with van der Waals surface area (Å²) in [6.07, 6.45) is 0.926. The summed E-state index contributed by atoms with van der Waals surface area (Å²) in [5.74, 6) is 0.290. The van der Waals surface area contributed by atoms with Crippen molar-refractivity contribution in [3.8, 4) is 0 Å². The zero-order valence-corrected chi connectivity index (χ0v) is 12.9. The van der Waals surface area contributed by atoms with Crippen molar-refractivity contribution < 1.29 is 13.5 Å². The van der Waals surface area contributed by atoms with Crippen LogP contribution in [-0.2, 0) is 16.6 Å². The van der Waals surface area contributed by atoms with Crippen molar-refractivity contribution in [1.29, 1.82) is 0 Å². The molecule has 104 valence electrons. The second-order valence-electron chi connectivity index (χ2n) is 4.63. The first-order chi connectivity index (χ1) is 8.31. The molecule has 0 aliphatic rings. The molecule has 0 bridgehead atoms. The van der Waals surface area contributed by atoms with Crippen LogP contribution >= 0.6 is 11.3 Å². The summed E-state index contributed by atoms with van der Waals surface area (Å²) in [7, 11) is -3.47. The predicted octanol–water partition coefficient (Wildman–Crippen LogP) is 2.26. The van der Waals surface area contributed by atoms with Crippen LogP contribution in [0.15, 0.2) is 10.3 Å². The van der Waals surface area contributed by atoms with Crippen LogP contribution in [0.1, 0.15) is 37.6 Å². The molecule has 0 radical (unpaired) electrons. The SMILES string of the molecule is CCC(C)C(C)NS(=O)(=O)c1cc(C)c(CO)s1. The number of thiophene rings is 1. The molecule has 2 N–H and O–H groups in total. The zero-order chi connectivity index (χ0) is 13.9. The smallest absolute Gasteiger partial charge is 0.250 e. The molecule has 0 saturated carbocycles. The van der Waals surface area contributed by atoms with E-state index in [0.29, 0.717) is 4.88 Å². The standard InChI is InChI=1S/C12H21NO3S2/c1-5-8(2)10(4)13-18(15,16)12-6-9(3)11(7-14)17-12/h6,8,10,13-14H,5,7H2,1-4H3. The highest BCUT2D eigenvalue weighted by Gasteiger charge is 2.22. The van der Waals surface area contributed by atoms with Crippen LogP contribution in [-0.4, -0.2) is 19.6 Å². The zero-order valence-electron chi connectivity index (χ0n) is 11.2. The predicted molar refractivity (Wildman–Crippen MR) is 74.2 cm³/mol. The summed E-state index contributed by atoms with van der Waals surface area (Å²) in [6.45, 7) is 7.62. The summed E-state index contributed by atoms with van der Waals surface area (Å²) in [5, 5.41) is 9.10. The Bertz CT molecular complexity index is 493. The normalized spacial score (nSPS) is 15.6. The van der Waals surface area contributed by atoms with Gasteiger partial charge in [-0.15, -0.1) is 11.3 Å². The minimum absolute atomic E-state index is 0.0972. The lowest BCUT2D eigenvalue weighted by Gasteiger charge is -2.19. The third-order valence-corrected chi connectivity index (χ3v) is 6.50. The summed E-state index contributed by atoms with van der Waals surface area (Å²) >= 11 is 1.13. The van der Waals surface area contributed by atoms with E-state index >= 15 is 0 Å². The van der Waals surface area contributed by atoms with E-state index in [0.717, 1.165) is 23.3 Å². The lowest BCUT2D eigenvalue weighted by Crippen LogP contribution is -2.36. The Morgan fingerprint density at radius 2 is 2.06 bits per heavy atom. The molecule has 1 aromatic rings. The van der Waals surface area contributed by atoms with E-state index in [9.17, 15) is 8.42 Å². The molecule has 18 heavy (non-hydrogen) atoms. The van der Waals surface area contributed by atoms with Crippen LogP contribution in [0.2, 0.25) is 0 Å². The van der Waals surface area contributed by atoms with Gasteiger partial charge in [0, 0.05) is 10.9 Å². The Morgan fingerprint density at radius 1 is 1.44 bits per heavy atom. The van der Waals surface area contributed by atoms with E-state index in [4.69, 9.17) is 5.11 Å². The Hall–Kier alpha value is -0.430. The van der Waals surface area contributed by atoms with E-state index in [1.807, 2.05) is 20.8 Å². The highest BCUT2D eigenvalue weighted by Crippen LogP contribution is 2.26. The molecule has 1 heterocycles. The van der Waals surface area contributed by atoms with Crippen molar-refractivity contribution in [3.63, 3.8) is 0 Å². The fourth-order valence-electron chi connectivity index (χ4n) is 1.55. The summed E-state index contributed by atoms with van der Waals surface area (Å²) in [5.41, 5.74) is 0.819. The number of sulfonamides is 1. The number of nitrogens with one attached hydrogen (secondary N) is 1. The monoisotopic (exact) mass is 291 g/mol. The molecule has 0 aliphatic carbocycles. The van der Waals surface area contributed by atoms with Crippen LogP contribution < -0.4 is 4.72 Å². The lowest BCUT2D eigenvalue weighted by molar-refractivity contribution is 0.285. The van der Waals surface area contributed by atoms with Gasteiger partial charge in [0.15, 0.2) is 0 Å². The molecule has 2 unspecified atom stereocenters. The molecule has 0 fully saturated rings. The maximum absolute atomic E-state index is 12.2. The Morgan fingerprint density at radius 3 is 2.50 bits per heavy atom. The van der Waals surface area contributed by atoms with E-state index < -0.39 is 10.0 Å². The van der Waals surface area contributed by atoms with E-state index in [1.165, 1.54) is 0 Å². The highest BCUT2D eigenvalue weighted by atomic mass is 32.2. The third-order valence-electron chi connectivity index (χ3n) is 3.24. The van der Waals surface area contributed by atoms with Crippen LogP contribution in [0.5, 0.6) is 0 Å². The number of rotatable bonds is 6. The van der Waals surface area contributed by atoms with Gasteiger partial charge >= 0.3 is 0 Å².